The highest BCUT2D eigenvalue weighted by molar-refractivity contribution is 6.00. The molecule has 0 spiro atoms. The molecule has 0 aromatic rings. The van der Waals surface area contributed by atoms with Crippen LogP contribution >= 0.6 is 0 Å². The first kappa shape index (κ1) is 7.53. The first-order valence-electron chi connectivity index (χ1n) is 4.12. The molecule has 2 aliphatic rings. The largest absolute Gasteiger partial charge is 0.458 e. The Morgan fingerprint density at radius 3 is 2.83 bits per heavy atom. The highest BCUT2D eigenvalue weighted by Gasteiger charge is 2.44. The molecule has 1 saturated carbocycles. The molecule has 1 aliphatic heterocycles. The van der Waals surface area contributed by atoms with Crippen molar-refractivity contribution in [2.45, 2.75) is 25.4 Å². The van der Waals surface area contributed by atoms with Gasteiger partial charge in [0.25, 0.3) is 0 Å². The van der Waals surface area contributed by atoms with Gasteiger partial charge in [-0.3, -0.25) is 4.79 Å². The van der Waals surface area contributed by atoms with E-state index in [0.717, 1.165) is 12.8 Å². The normalized spacial score (nSPS) is 34.8. The monoisotopic (exact) mass is 166 g/mol. The van der Waals surface area contributed by atoms with Crippen LogP contribution in [0.4, 0.5) is 0 Å². The summed E-state index contributed by atoms with van der Waals surface area (Å²) >= 11 is 0. The quantitative estimate of drug-likeness (QED) is 0.395. The molecule has 0 aromatic heterocycles. The summed E-state index contributed by atoms with van der Waals surface area (Å²) in [6.45, 7) is 3.57. The molecule has 2 unspecified atom stereocenters. The molecule has 12 heavy (non-hydrogen) atoms. The Hall–Kier alpha value is -1.12. The number of hydrogen-bond donors (Lipinski definition) is 0. The summed E-state index contributed by atoms with van der Waals surface area (Å²) in [5, 5.41) is 0. The van der Waals surface area contributed by atoms with E-state index in [0.29, 0.717) is 12.0 Å². The molecule has 1 aliphatic carbocycles. The Morgan fingerprint density at radius 2 is 2.17 bits per heavy atom. The Labute approximate surface area is 70.4 Å². The molecule has 2 fully saturated rings. The maximum atomic E-state index is 11.3. The van der Waals surface area contributed by atoms with Crippen LogP contribution in [-0.2, 0) is 14.3 Å². The Kier molecular flexibility index (Phi) is 1.53. The Bertz CT molecular complexity index is 267. The minimum Gasteiger partial charge on any atom is -0.458 e. The average molecular weight is 166 g/mol. The number of fused-ring (bicyclic) bond motifs is 1. The van der Waals surface area contributed by atoms with Crippen molar-refractivity contribution in [3.05, 3.63) is 12.2 Å². The zero-order chi connectivity index (χ0) is 8.72. The summed E-state index contributed by atoms with van der Waals surface area (Å²) < 4.78 is 4.99. The second-order valence-electron chi connectivity index (χ2n) is 3.31. The van der Waals surface area contributed by atoms with Gasteiger partial charge in [0.05, 0.1) is 5.92 Å². The number of carbonyl (C=O) groups is 2. The maximum absolute atomic E-state index is 11.3. The molecule has 0 radical (unpaired) electrons. The van der Waals surface area contributed by atoms with Gasteiger partial charge in [0, 0.05) is 12.0 Å². The Morgan fingerprint density at radius 1 is 1.42 bits per heavy atom. The first-order chi connectivity index (χ1) is 5.70. The van der Waals surface area contributed by atoms with Crippen LogP contribution in [0.1, 0.15) is 19.3 Å². The van der Waals surface area contributed by atoms with Crippen LogP contribution < -0.4 is 0 Å². The van der Waals surface area contributed by atoms with Crippen molar-refractivity contribution in [1.29, 1.82) is 0 Å². The standard InChI is InChI=1S/C9H10O3/c1-5-8-6(10)3-2-4-7(8)12-9(5)11/h7-8H,1-4H2. The van der Waals surface area contributed by atoms with Crippen molar-refractivity contribution in [1.82, 2.24) is 0 Å². The number of Topliss-reactive ketones (excluding diaryl/α,β-unsaturated/α-hetero) is 1. The molecule has 3 nitrogen and oxygen atoms in total. The summed E-state index contributed by atoms with van der Waals surface area (Å²) in [6.07, 6.45) is 2.00. The van der Waals surface area contributed by atoms with E-state index in [9.17, 15) is 9.59 Å². The maximum Gasteiger partial charge on any atom is 0.334 e. The lowest BCUT2D eigenvalue weighted by molar-refractivity contribution is -0.140. The first-order valence-corrected chi connectivity index (χ1v) is 4.12. The fourth-order valence-corrected chi connectivity index (χ4v) is 1.89. The van der Waals surface area contributed by atoms with Gasteiger partial charge in [-0.25, -0.2) is 4.79 Å². The van der Waals surface area contributed by atoms with Gasteiger partial charge >= 0.3 is 5.97 Å². The topological polar surface area (TPSA) is 43.4 Å². The minimum atomic E-state index is -0.389. The van der Waals surface area contributed by atoms with Gasteiger partial charge in [0.15, 0.2) is 0 Å². The lowest BCUT2D eigenvalue weighted by Crippen LogP contribution is -2.29. The van der Waals surface area contributed by atoms with Crippen molar-refractivity contribution >= 4 is 11.8 Å². The third-order valence-electron chi connectivity index (χ3n) is 2.53. The van der Waals surface area contributed by atoms with Crippen LogP contribution in [0, 0.1) is 5.92 Å². The summed E-state index contributed by atoms with van der Waals surface area (Å²) in [4.78, 5) is 22.4. The van der Waals surface area contributed by atoms with Gasteiger partial charge in [-0.2, -0.15) is 0 Å². The van der Waals surface area contributed by atoms with Crippen molar-refractivity contribution in [2.24, 2.45) is 5.92 Å². The second-order valence-corrected chi connectivity index (χ2v) is 3.31. The number of rotatable bonds is 0. The van der Waals surface area contributed by atoms with Gasteiger partial charge in [0.1, 0.15) is 11.9 Å². The van der Waals surface area contributed by atoms with Crippen molar-refractivity contribution in [2.75, 3.05) is 0 Å². The van der Waals surface area contributed by atoms with Crippen LogP contribution in [0.5, 0.6) is 0 Å². The zero-order valence-electron chi connectivity index (χ0n) is 6.71. The van der Waals surface area contributed by atoms with Gasteiger partial charge in [0.2, 0.25) is 0 Å². The highest BCUT2D eigenvalue weighted by atomic mass is 16.6. The average Bonchev–Trinajstić information content (AvgIpc) is 2.29. The van der Waals surface area contributed by atoms with Crippen LogP contribution in [0.3, 0.4) is 0 Å². The Balaban J connectivity index is 2.29. The third kappa shape index (κ3) is 0.891. The molecule has 0 aromatic carbocycles. The van der Waals surface area contributed by atoms with E-state index in [1.54, 1.807) is 0 Å². The molecule has 1 heterocycles. The van der Waals surface area contributed by atoms with E-state index in [2.05, 4.69) is 6.58 Å². The molecule has 2 atom stereocenters. The predicted molar refractivity (Wildman–Crippen MR) is 41.4 cm³/mol. The SMILES string of the molecule is C=C1C(=O)OC2CCCC(=O)C12. The lowest BCUT2D eigenvalue weighted by atomic mass is 9.83. The number of hydrogen-bond acceptors (Lipinski definition) is 3. The van der Waals surface area contributed by atoms with E-state index in [4.69, 9.17) is 4.74 Å². The number of esters is 1. The van der Waals surface area contributed by atoms with Crippen LogP contribution in [0.15, 0.2) is 12.2 Å². The molecule has 3 heteroatoms. The highest BCUT2D eigenvalue weighted by Crippen LogP contribution is 2.35. The number of carbonyl (C=O) groups excluding carboxylic acids is 2. The summed E-state index contributed by atoms with van der Waals surface area (Å²) in [5.41, 5.74) is 0.352. The number of ketones is 1. The van der Waals surface area contributed by atoms with Crippen LogP contribution in [-0.4, -0.2) is 17.9 Å². The van der Waals surface area contributed by atoms with E-state index < -0.39 is 0 Å². The third-order valence-corrected chi connectivity index (χ3v) is 2.53. The van der Waals surface area contributed by atoms with Crippen molar-refractivity contribution in [3.8, 4) is 0 Å². The van der Waals surface area contributed by atoms with E-state index in [1.165, 1.54) is 0 Å². The van der Waals surface area contributed by atoms with Crippen molar-refractivity contribution < 1.29 is 14.3 Å². The van der Waals surface area contributed by atoms with E-state index >= 15 is 0 Å². The number of ether oxygens (including phenoxy) is 1. The molecular weight excluding hydrogens is 156 g/mol. The predicted octanol–water partition coefficient (Wildman–Crippen LogP) is 0.837. The van der Waals surface area contributed by atoms with Crippen LogP contribution in [0.25, 0.3) is 0 Å². The second kappa shape index (κ2) is 2.44. The molecular formula is C9H10O3. The van der Waals surface area contributed by atoms with Crippen LogP contribution in [0.2, 0.25) is 0 Å². The van der Waals surface area contributed by atoms with Gasteiger partial charge in [-0.15, -0.1) is 0 Å². The molecule has 0 bridgehead atoms. The van der Waals surface area contributed by atoms with Crippen molar-refractivity contribution in [3.63, 3.8) is 0 Å². The summed E-state index contributed by atoms with van der Waals surface area (Å²) in [6, 6.07) is 0. The van der Waals surface area contributed by atoms with Gasteiger partial charge < -0.3 is 4.74 Å². The molecule has 1 saturated heterocycles. The lowest BCUT2D eigenvalue weighted by Gasteiger charge is -2.21. The van der Waals surface area contributed by atoms with Gasteiger partial charge in [-0.05, 0) is 12.8 Å². The zero-order valence-corrected chi connectivity index (χ0v) is 6.71. The van der Waals surface area contributed by atoms with Gasteiger partial charge in [-0.1, -0.05) is 6.58 Å². The molecule has 64 valence electrons. The molecule has 0 N–H and O–H groups in total. The summed E-state index contributed by atoms with van der Waals surface area (Å²) in [7, 11) is 0. The van der Waals surface area contributed by atoms with E-state index in [-0.39, 0.29) is 23.8 Å². The van der Waals surface area contributed by atoms with E-state index in [1.807, 2.05) is 0 Å². The minimum absolute atomic E-state index is 0.113. The molecule has 2 rings (SSSR count). The molecule has 0 amide bonds. The smallest absolute Gasteiger partial charge is 0.334 e. The fourth-order valence-electron chi connectivity index (χ4n) is 1.89. The fraction of sp³-hybridized carbons (Fsp3) is 0.556. The summed E-state index contributed by atoms with van der Waals surface area (Å²) in [5.74, 6) is -0.603.